The summed E-state index contributed by atoms with van der Waals surface area (Å²) in [6, 6.07) is 5.10. The Morgan fingerprint density at radius 2 is 2.06 bits per heavy atom. The van der Waals surface area contributed by atoms with E-state index in [1.165, 1.54) is 7.11 Å². The van der Waals surface area contributed by atoms with E-state index in [-0.39, 0.29) is 23.1 Å². The van der Waals surface area contributed by atoms with Crippen molar-refractivity contribution in [2.24, 2.45) is 11.1 Å². The van der Waals surface area contributed by atoms with Crippen LogP contribution in [0.5, 0.6) is 5.75 Å². The summed E-state index contributed by atoms with van der Waals surface area (Å²) in [5, 5.41) is 11.1. The molecular formula is C12H16N2O3. The molecule has 92 valence electrons. The number of para-hydroxylation sites is 1. The third-order valence-corrected chi connectivity index (χ3v) is 3.68. The summed E-state index contributed by atoms with van der Waals surface area (Å²) < 4.78 is 5.05. The van der Waals surface area contributed by atoms with E-state index >= 15 is 0 Å². The molecule has 0 bridgehead atoms. The quantitative estimate of drug-likeness (QED) is 0.643. The van der Waals surface area contributed by atoms with E-state index in [9.17, 15) is 10.1 Å². The monoisotopic (exact) mass is 236 g/mol. The van der Waals surface area contributed by atoms with Crippen LogP contribution in [0, 0.1) is 15.5 Å². The molecule has 0 aliphatic heterocycles. The molecule has 1 saturated carbocycles. The van der Waals surface area contributed by atoms with Crippen molar-refractivity contribution in [3.8, 4) is 5.75 Å². The Kier molecular flexibility index (Phi) is 2.58. The van der Waals surface area contributed by atoms with Gasteiger partial charge in [-0.25, -0.2) is 0 Å². The lowest BCUT2D eigenvalue weighted by Crippen LogP contribution is -2.06. The van der Waals surface area contributed by atoms with Gasteiger partial charge in [-0.3, -0.25) is 10.1 Å². The smallest absolute Gasteiger partial charge is 0.314 e. The van der Waals surface area contributed by atoms with E-state index in [2.05, 4.69) is 0 Å². The Morgan fingerprint density at radius 3 is 2.47 bits per heavy atom. The first kappa shape index (κ1) is 11.9. The second kappa shape index (κ2) is 3.70. The van der Waals surface area contributed by atoms with Crippen LogP contribution in [0.2, 0.25) is 0 Å². The topological polar surface area (TPSA) is 78.4 Å². The third kappa shape index (κ3) is 1.67. The van der Waals surface area contributed by atoms with Crippen molar-refractivity contribution in [2.75, 3.05) is 7.11 Å². The van der Waals surface area contributed by atoms with Gasteiger partial charge in [-0.05, 0) is 11.5 Å². The summed E-state index contributed by atoms with van der Waals surface area (Å²) in [6.07, 6.45) is 0. The summed E-state index contributed by atoms with van der Waals surface area (Å²) >= 11 is 0. The summed E-state index contributed by atoms with van der Waals surface area (Å²) in [6.45, 7) is 4.04. The van der Waals surface area contributed by atoms with Crippen LogP contribution in [0.25, 0.3) is 0 Å². The fourth-order valence-electron chi connectivity index (χ4n) is 2.42. The number of hydrogen-bond acceptors (Lipinski definition) is 4. The summed E-state index contributed by atoms with van der Waals surface area (Å²) in [4.78, 5) is 10.7. The molecule has 1 aliphatic carbocycles. The molecule has 17 heavy (non-hydrogen) atoms. The van der Waals surface area contributed by atoms with Crippen molar-refractivity contribution in [3.63, 3.8) is 0 Å². The van der Waals surface area contributed by atoms with Gasteiger partial charge in [0.05, 0.1) is 12.0 Å². The maximum Gasteiger partial charge on any atom is 0.314 e. The van der Waals surface area contributed by atoms with Gasteiger partial charge >= 0.3 is 5.69 Å². The molecule has 1 fully saturated rings. The Balaban J connectivity index is 2.52. The lowest BCUT2D eigenvalue weighted by Gasteiger charge is -2.07. The van der Waals surface area contributed by atoms with E-state index in [0.717, 1.165) is 0 Å². The molecule has 0 heterocycles. The molecule has 0 saturated heterocycles. The van der Waals surface area contributed by atoms with E-state index in [1.54, 1.807) is 18.2 Å². The van der Waals surface area contributed by atoms with Crippen LogP contribution < -0.4 is 10.5 Å². The van der Waals surface area contributed by atoms with Gasteiger partial charge in [0.15, 0.2) is 5.75 Å². The summed E-state index contributed by atoms with van der Waals surface area (Å²) in [5.41, 5.74) is 6.60. The lowest BCUT2D eigenvalue weighted by molar-refractivity contribution is -0.386. The molecule has 5 nitrogen and oxygen atoms in total. The van der Waals surface area contributed by atoms with Gasteiger partial charge in [0.2, 0.25) is 0 Å². The molecule has 0 spiro atoms. The average Bonchev–Trinajstić information content (AvgIpc) is 2.76. The van der Waals surface area contributed by atoms with Crippen LogP contribution in [0.3, 0.4) is 0 Å². The largest absolute Gasteiger partial charge is 0.490 e. The highest BCUT2D eigenvalue weighted by molar-refractivity contribution is 5.57. The highest BCUT2D eigenvalue weighted by Gasteiger charge is 2.58. The second-order valence-electron chi connectivity index (χ2n) is 4.98. The molecule has 5 heteroatoms. The van der Waals surface area contributed by atoms with Gasteiger partial charge in [0.25, 0.3) is 0 Å². The van der Waals surface area contributed by atoms with Crippen LogP contribution in [-0.4, -0.2) is 18.1 Å². The zero-order chi connectivity index (χ0) is 12.8. The third-order valence-electron chi connectivity index (χ3n) is 3.68. The minimum atomic E-state index is -0.394. The van der Waals surface area contributed by atoms with Crippen molar-refractivity contribution < 1.29 is 9.66 Å². The van der Waals surface area contributed by atoms with E-state index in [1.807, 2.05) is 13.8 Å². The van der Waals surface area contributed by atoms with E-state index in [0.29, 0.717) is 11.3 Å². The zero-order valence-corrected chi connectivity index (χ0v) is 10.1. The minimum Gasteiger partial charge on any atom is -0.490 e. The van der Waals surface area contributed by atoms with Gasteiger partial charge < -0.3 is 10.5 Å². The molecule has 2 atom stereocenters. The number of benzene rings is 1. The van der Waals surface area contributed by atoms with Gasteiger partial charge in [-0.15, -0.1) is 0 Å². The van der Waals surface area contributed by atoms with Gasteiger partial charge in [-0.1, -0.05) is 26.0 Å². The average molecular weight is 236 g/mol. The Bertz CT molecular complexity index is 471. The molecule has 2 N–H and O–H groups in total. The molecule has 1 aromatic rings. The lowest BCUT2D eigenvalue weighted by atomic mass is 10.0. The maximum absolute atomic E-state index is 11.1. The summed E-state index contributed by atoms with van der Waals surface area (Å²) in [5.74, 6) is 0.320. The zero-order valence-electron chi connectivity index (χ0n) is 10.1. The fourth-order valence-corrected chi connectivity index (χ4v) is 2.42. The van der Waals surface area contributed by atoms with E-state index in [4.69, 9.17) is 10.5 Å². The van der Waals surface area contributed by atoms with Gasteiger partial charge in [0, 0.05) is 17.5 Å². The predicted octanol–water partition coefficient (Wildman–Crippen LogP) is 2.05. The number of nitro benzene ring substituents is 1. The first-order chi connectivity index (χ1) is 7.91. The van der Waals surface area contributed by atoms with E-state index < -0.39 is 4.92 Å². The summed E-state index contributed by atoms with van der Waals surface area (Å²) in [7, 11) is 1.43. The maximum atomic E-state index is 11.1. The molecule has 0 unspecified atom stereocenters. The molecule has 1 aliphatic rings. The van der Waals surface area contributed by atoms with Crippen molar-refractivity contribution in [3.05, 3.63) is 33.9 Å². The van der Waals surface area contributed by atoms with Crippen LogP contribution in [0.4, 0.5) is 5.69 Å². The molecule has 0 amide bonds. The first-order valence-electron chi connectivity index (χ1n) is 5.48. The molecule has 0 radical (unpaired) electrons. The van der Waals surface area contributed by atoms with Gasteiger partial charge in [0.1, 0.15) is 0 Å². The number of rotatable bonds is 3. The van der Waals surface area contributed by atoms with Crippen LogP contribution in [-0.2, 0) is 0 Å². The van der Waals surface area contributed by atoms with Crippen molar-refractivity contribution in [1.82, 2.24) is 0 Å². The van der Waals surface area contributed by atoms with Crippen molar-refractivity contribution in [2.45, 2.75) is 25.8 Å². The number of methoxy groups -OCH3 is 1. The Hall–Kier alpha value is -1.62. The number of nitrogens with zero attached hydrogens (tertiary/aromatic N) is 1. The Morgan fingerprint density at radius 1 is 1.47 bits per heavy atom. The normalized spacial score (nSPS) is 25.4. The van der Waals surface area contributed by atoms with Crippen molar-refractivity contribution in [1.29, 1.82) is 0 Å². The Labute approximate surface area is 99.7 Å². The number of ether oxygens (including phenoxy) is 1. The number of nitrogens with two attached hydrogens (primary N) is 1. The van der Waals surface area contributed by atoms with Crippen LogP contribution in [0.15, 0.2) is 18.2 Å². The standard InChI is InChI=1S/C12H16N2O3/c1-12(2)9(11(12)13)7-5-4-6-8(17-3)10(7)14(15)16/h4-6,9,11H,13H2,1-3H3/t9-,11-/m1/s1. The SMILES string of the molecule is COc1cccc([C@@H]2[C@@H](N)C2(C)C)c1[N+](=O)[O-]. The molecule has 0 aromatic heterocycles. The minimum absolute atomic E-state index is 0.0259. The van der Waals surface area contributed by atoms with Gasteiger partial charge in [-0.2, -0.15) is 0 Å². The molecule has 1 aromatic carbocycles. The fraction of sp³-hybridized carbons (Fsp3) is 0.500. The van der Waals surface area contributed by atoms with Crippen molar-refractivity contribution >= 4 is 5.69 Å². The first-order valence-corrected chi connectivity index (χ1v) is 5.48. The predicted molar refractivity (Wildman–Crippen MR) is 64.1 cm³/mol. The van der Waals surface area contributed by atoms with Crippen LogP contribution in [0.1, 0.15) is 25.3 Å². The molecular weight excluding hydrogens is 220 g/mol. The number of nitro groups is 1. The van der Waals surface area contributed by atoms with Crippen LogP contribution >= 0.6 is 0 Å². The number of hydrogen-bond donors (Lipinski definition) is 1. The molecule has 2 rings (SSSR count). The highest BCUT2D eigenvalue weighted by Crippen LogP contribution is 2.59. The second-order valence-corrected chi connectivity index (χ2v) is 4.98. The highest BCUT2D eigenvalue weighted by atomic mass is 16.6.